The quantitative estimate of drug-likeness (QED) is 0.756. The third-order valence-corrected chi connectivity index (χ3v) is 1.50. The Morgan fingerprint density at radius 3 is 2.62 bits per heavy atom. The van der Waals surface area contributed by atoms with Crippen LogP contribution in [0.15, 0.2) is 12.1 Å². The van der Waals surface area contributed by atoms with Crippen molar-refractivity contribution in [3.8, 4) is 5.75 Å². The molecule has 3 nitrogen and oxygen atoms in total. The zero-order valence-electron chi connectivity index (χ0n) is 6.17. The van der Waals surface area contributed by atoms with Gasteiger partial charge in [-0.25, -0.2) is 13.8 Å². The molecular formula is C7H4ClF2NO2. The van der Waals surface area contributed by atoms with Gasteiger partial charge in [-0.2, -0.15) is 0 Å². The highest BCUT2D eigenvalue weighted by Crippen LogP contribution is 2.26. The molecule has 1 N–H and O–H groups in total. The largest absolute Gasteiger partial charge is 0.506 e. The van der Waals surface area contributed by atoms with Gasteiger partial charge in [0.2, 0.25) is 0 Å². The van der Waals surface area contributed by atoms with Gasteiger partial charge in [0.1, 0.15) is 17.1 Å². The Bertz CT molecular complexity index is 343. The van der Waals surface area contributed by atoms with E-state index in [0.29, 0.717) is 0 Å². The summed E-state index contributed by atoms with van der Waals surface area (Å²) >= 11 is 5.00. The van der Waals surface area contributed by atoms with Crippen molar-refractivity contribution in [2.24, 2.45) is 0 Å². The van der Waals surface area contributed by atoms with E-state index in [1.165, 1.54) is 0 Å². The van der Waals surface area contributed by atoms with Crippen molar-refractivity contribution in [1.29, 1.82) is 0 Å². The summed E-state index contributed by atoms with van der Waals surface area (Å²) in [6, 6.07) is 2.01. The Kier molecular flexibility index (Phi) is 2.77. The molecule has 1 heterocycles. The molecule has 70 valence electrons. The van der Waals surface area contributed by atoms with E-state index in [1.54, 1.807) is 0 Å². The van der Waals surface area contributed by atoms with Crippen molar-refractivity contribution in [2.75, 3.05) is 0 Å². The normalized spacial score (nSPS) is 10.5. The van der Waals surface area contributed by atoms with Crippen LogP contribution in [0.1, 0.15) is 22.6 Å². The van der Waals surface area contributed by atoms with Crippen molar-refractivity contribution >= 4 is 16.8 Å². The predicted molar refractivity (Wildman–Crippen MR) is 41.0 cm³/mol. The smallest absolute Gasteiger partial charge is 0.284 e. The zero-order valence-corrected chi connectivity index (χ0v) is 6.92. The highest BCUT2D eigenvalue weighted by Gasteiger charge is 2.16. The summed E-state index contributed by atoms with van der Waals surface area (Å²) in [4.78, 5) is 13.7. The summed E-state index contributed by atoms with van der Waals surface area (Å²) in [6.07, 6.45) is -2.93. The lowest BCUT2D eigenvalue weighted by Gasteiger charge is -2.02. The Morgan fingerprint density at radius 1 is 1.54 bits per heavy atom. The zero-order chi connectivity index (χ0) is 10.0. The fraction of sp³-hybridized carbons (Fsp3) is 0.143. The van der Waals surface area contributed by atoms with Crippen LogP contribution in [0.3, 0.4) is 0 Å². The van der Waals surface area contributed by atoms with E-state index in [1.807, 2.05) is 0 Å². The van der Waals surface area contributed by atoms with Crippen LogP contribution in [0.4, 0.5) is 8.78 Å². The van der Waals surface area contributed by atoms with Crippen LogP contribution in [0.5, 0.6) is 5.75 Å². The first-order valence-electron chi connectivity index (χ1n) is 3.20. The van der Waals surface area contributed by atoms with Crippen molar-refractivity contribution in [3.05, 3.63) is 23.5 Å². The molecule has 0 bridgehead atoms. The van der Waals surface area contributed by atoms with Gasteiger partial charge in [-0.1, -0.05) is 0 Å². The first kappa shape index (κ1) is 9.85. The molecule has 13 heavy (non-hydrogen) atoms. The van der Waals surface area contributed by atoms with Gasteiger partial charge in [-0.15, -0.1) is 0 Å². The second-order valence-electron chi connectivity index (χ2n) is 2.18. The molecule has 0 unspecified atom stereocenters. The van der Waals surface area contributed by atoms with Crippen molar-refractivity contribution in [3.63, 3.8) is 0 Å². The summed E-state index contributed by atoms with van der Waals surface area (Å²) in [5.41, 5.74) is -1.15. The summed E-state index contributed by atoms with van der Waals surface area (Å²) in [5, 5.41) is 7.95. The molecule has 0 aromatic carbocycles. The van der Waals surface area contributed by atoms with Gasteiger partial charge in [-0.05, 0) is 23.7 Å². The van der Waals surface area contributed by atoms with E-state index in [-0.39, 0.29) is 5.69 Å². The number of aromatic nitrogens is 1. The lowest BCUT2D eigenvalue weighted by molar-refractivity contribution is 0.107. The number of aromatic hydroxyl groups is 1. The molecule has 6 heteroatoms. The monoisotopic (exact) mass is 207 g/mol. The summed E-state index contributed by atoms with van der Waals surface area (Å²) < 4.78 is 24.2. The molecule has 0 spiro atoms. The van der Waals surface area contributed by atoms with E-state index in [2.05, 4.69) is 4.98 Å². The van der Waals surface area contributed by atoms with Crippen LogP contribution in [-0.2, 0) is 0 Å². The van der Waals surface area contributed by atoms with Crippen LogP contribution in [0.2, 0.25) is 0 Å². The SMILES string of the molecule is O=C(Cl)c1ccc(O)c(C(F)F)n1. The van der Waals surface area contributed by atoms with Crippen molar-refractivity contribution in [2.45, 2.75) is 6.43 Å². The minimum atomic E-state index is -2.93. The number of carbonyl (C=O) groups is 1. The maximum Gasteiger partial charge on any atom is 0.284 e. The Balaban J connectivity index is 3.19. The maximum atomic E-state index is 12.1. The number of alkyl halides is 2. The van der Waals surface area contributed by atoms with Crippen LogP contribution >= 0.6 is 11.6 Å². The van der Waals surface area contributed by atoms with Crippen LogP contribution in [-0.4, -0.2) is 15.3 Å². The highest BCUT2D eigenvalue weighted by molar-refractivity contribution is 6.67. The number of hydrogen-bond acceptors (Lipinski definition) is 3. The van der Waals surface area contributed by atoms with Crippen LogP contribution in [0.25, 0.3) is 0 Å². The molecule has 0 amide bonds. The standard InChI is InChI=1S/C7H4ClF2NO2/c8-6(13)3-1-2-4(12)5(11-3)7(9)10/h1-2,7,12H. The van der Waals surface area contributed by atoms with Gasteiger partial charge in [0.05, 0.1) is 0 Å². The number of rotatable bonds is 2. The average Bonchev–Trinajstić information content (AvgIpc) is 2.04. The van der Waals surface area contributed by atoms with E-state index in [4.69, 9.17) is 16.7 Å². The average molecular weight is 208 g/mol. The fourth-order valence-corrected chi connectivity index (χ4v) is 0.843. The van der Waals surface area contributed by atoms with E-state index in [0.717, 1.165) is 12.1 Å². The summed E-state index contributed by atoms with van der Waals surface area (Å²) in [5.74, 6) is -0.656. The molecule has 0 aliphatic rings. The van der Waals surface area contributed by atoms with Gasteiger partial charge in [0, 0.05) is 0 Å². The molecule has 1 aromatic rings. The Labute approximate surface area is 77.0 Å². The summed E-state index contributed by atoms with van der Waals surface area (Å²) in [6.45, 7) is 0. The minimum Gasteiger partial charge on any atom is -0.506 e. The number of halogens is 3. The maximum absolute atomic E-state index is 12.1. The van der Waals surface area contributed by atoms with Crippen LogP contribution in [0, 0.1) is 0 Å². The van der Waals surface area contributed by atoms with Gasteiger partial charge in [-0.3, -0.25) is 4.79 Å². The Morgan fingerprint density at radius 2 is 2.15 bits per heavy atom. The second-order valence-corrected chi connectivity index (χ2v) is 2.52. The fourth-order valence-electron chi connectivity index (χ4n) is 0.738. The van der Waals surface area contributed by atoms with Gasteiger partial charge in [0.25, 0.3) is 11.7 Å². The number of pyridine rings is 1. The second kappa shape index (κ2) is 3.66. The third-order valence-electron chi connectivity index (χ3n) is 1.31. The third kappa shape index (κ3) is 2.12. The molecule has 0 radical (unpaired) electrons. The molecule has 0 atom stereocenters. The van der Waals surface area contributed by atoms with Gasteiger partial charge >= 0.3 is 0 Å². The van der Waals surface area contributed by atoms with Crippen molar-refractivity contribution in [1.82, 2.24) is 4.98 Å². The number of carbonyl (C=O) groups excluding carboxylic acids is 1. The van der Waals surface area contributed by atoms with E-state index < -0.39 is 23.1 Å². The molecule has 0 saturated carbocycles. The summed E-state index contributed by atoms with van der Waals surface area (Å²) in [7, 11) is 0. The first-order valence-corrected chi connectivity index (χ1v) is 3.58. The molecule has 1 rings (SSSR count). The molecule has 0 saturated heterocycles. The van der Waals surface area contributed by atoms with Crippen LogP contribution < -0.4 is 0 Å². The number of nitrogens with zero attached hydrogens (tertiary/aromatic N) is 1. The molecule has 0 aliphatic carbocycles. The van der Waals surface area contributed by atoms with Crippen molar-refractivity contribution < 1.29 is 18.7 Å². The highest BCUT2D eigenvalue weighted by atomic mass is 35.5. The predicted octanol–water partition coefficient (Wildman–Crippen LogP) is 2.10. The molecule has 1 aromatic heterocycles. The molecular weight excluding hydrogens is 204 g/mol. The Hall–Kier alpha value is -1.23. The van der Waals surface area contributed by atoms with E-state index in [9.17, 15) is 13.6 Å². The number of hydrogen-bond donors (Lipinski definition) is 1. The lowest BCUT2D eigenvalue weighted by atomic mass is 10.3. The lowest BCUT2D eigenvalue weighted by Crippen LogP contribution is -1.99. The van der Waals surface area contributed by atoms with Gasteiger partial charge < -0.3 is 5.11 Å². The van der Waals surface area contributed by atoms with E-state index >= 15 is 0 Å². The first-order chi connectivity index (χ1) is 6.02. The molecule has 0 fully saturated rings. The topological polar surface area (TPSA) is 50.2 Å². The van der Waals surface area contributed by atoms with Gasteiger partial charge in [0.15, 0.2) is 0 Å². The molecule has 0 aliphatic heterocycles. The minimum absolute atomic E-state index is 0.310.